The van der Waals surface area contributed by atoms with Crippen LogP contribution < -0.4 is 15.1 Å². The Morgan fingerprint density at radius 1 is 1.26 bits per heavy atom. The van der Waals surface area contributed by atoms with Crippen LogP contribution in [0, 0.1) is 11.2 Å². The van der Waals surface area contributed by atoms with E-state index in [9.17, 15) is 4.79 Å². The van der Waals surface area contributed by atoms with Gasteiger partial charge in [0.15, 0.2) is 0 Å². The van der Waals surface area contributed by atoms with Gasteiger partial charge in [0.2, 0.25) is 5.91 Å². The predicted molar refractivity (Wildman–Crippen MR) is 133 cm³/mol. The molecule has 9 nitrogen and oxygen atoms in total. The number of benzene rings is 1. The van der Waals surface area contributed by atoms with Crippen molar-refractivity contribution in [3.8, 4) is 11.1 Å². The van der Waals surface area contributed by atoms with Gasteiger partial charge in [-0.05, 0) is 49.1 Å². The van der Waals surface area contributed by atoms with E-state index in [1.165, 1.54) is 17.2 Å². The van der Waals surface area contributed by atoms with E-state index >= 15 is 4.39 Å². The Morgan fingerprint density at radius 3 is 2.86 bits per heavy atom. The fourth-order valence-electron chi connectivity index (χ4n) is 4.64. The third-order valence-corrected chi connectivity index (χ3v) is 6.48. The standard InChI is InChI=1S/C25H28FN7O2/c1-16-15-35-11-10-32(16)23-13-18(19(14-27)25(30-23)29-22-7-8-28-31-22)17-5-6-21(20(26)12-17)33-9-3-2-4-24(33)34/h5-8,12-14,16,27H,2-4,9-11,15H2,1H3,(H2,28,29,30,31)/t16-/m1/s1. The molecule has 0 saturated carbocycles. The molecule has 35 heavy (non-hydrogen) atoms. The molecule has 0 radical (unpaired) electrons. The first-order valence-corrected chi connectivity index (χ1v) is 11.8. The summed E-state index contributed by atoms with van der Waals surface area (Å²) in [6.45, 7) is 4.43. The summed E-state index contributed by atoms with van der Waals surface area (Å²) in [5.74, 6) is 1.28. The number of halogens is 1. The fourth-order valence-corrected chi connectivity index (χ4v) is 4.64. The fraction of sp³-hybridized carbons (Fsp3) is 0.360. The van der Waals surface area contributed by atoms with E-state index in [-0.39, 0.29) is 11.9 Å². The Balaban J connectivity index is 1.60. The van der Waals surface area contributed by atoms with Crippen molar-refractivity contribution >= 4 is 35.3 Å². The van der Waals surface area contributed by atoms with Gasteiger partial charge in [-0.2, -0.15) is 5.10 Å². The molecule has 3 N–H and O–H groups in total. The largest absolute Gasteiger partial charge is 0.377 e. The molecule has 0 bridgehead atoms. The number of H-pyrrole nitrogens is 1. The monoisotopic (exact) mass is 477 g/mol. The lowest BCUT2D eigenvalue weighted by Crippen LogP contribution is -2.44. The molecule has 2 saturated heterocycles. The number of pyridine rings is 1. The van der Waals surface area contributed by atoms with Gasteiger partial charge in [0.1, 0.15) is 23.3 Å². The van der Waals surface area contributed by atoms with Crippen LogP contribution in [0.25, 0.3) is 11.1 Å². The van der Waals surface area contributed by atoms with Gasteiger partial charge in [-0.1, -0.05) is 6.07 Å². The van der Waals surface area contributed by atoms with Crippen LogP contribution >= 0.6 is 0 Å². The molecule has 3 aromatic rings. The number of hydrogen-bond acceptors (Lipinski definition) is 7. The zero-order valence-corrected chi connectivity index (χ0v) is 19.6. The molecular formula is C25H28FN7O2. The summed E-state index contributed by atoms with van der Waals surface area (Å²) in [5.41, 5.74) is 2.08. The van der Waals surface area contributed by atoms with E-state index in [2.05, 4.69) is 27.3 Å². The summed E-state index contributed by atoms with van der Waals surface area (Å²) in [6, 6.07) is 8.66. The minimum absolute atomic E-state index is 0.0540. The van der Waals surface area contributed by atoms with E-state index in [1.807, 2.05) is 6.07 Å². The highest BCUT2D eigenvalue weighted by molar-refractivity contribution is 5.97. The van der Waals surface area contributed by atoms with Crippen LogP contribution in [0.15, 0.2) is 36.5 Å². The number of amides is 1. The minimum Gasteiger partial charge on any atom is -0.377 e. The lowest BCUT2D eigenvalue weighted by molar-refractivity contribution is -0.119. The summed E-state index contributed by atoms with van der Waals surface area (Å²) in [6.07, 6.45) is 4.97. The smallest absolute Gasteiger partial charge is 0.227 e. The van der Waals surface area contributed by atoms with E-state index in [4.69, 9.17) is 15.1 Å². The van der Waals surface area contributed by atoms with Gasteiger partial charge >= 0.3 is 0 Å². The molecule has 1 atom stereocenters. The van der Waals surface area contributed by atoms with Crippen molar-refractivity contribution in [3.63, 3.8) is 0 Å². The second kappa shape index (κ2) is 9.83. The molecule has 182 valence electrons. The normalized spacial score (nSPS) is 18.6. The lowest BCUT2D eigenvalue weighted by atomic mass is 9.99. The van der Waals surface area contributed by atoms with Crippen LogP contribution in [-0.4, -0.2) is 59.6 Å². The van der Waals surface area contributed by atoms with Gasteiger partial charge < -0.3 is 25.3 Å². The topological polar surface area (TPSA) is 110 Å². The second-order valence-corrected chi connectivity index (χ2v) is 8.82. The number of piperidine rings is 1. The quantitative estimate of drug-likeness (QED) is 0.461. The van der Waals surface area contributed by atoms with Crippen LogP contribution in [0.5, 0.6) is 0 Å². The maximum Gasteiger partial charge on any atom is 0.227 e. The Bertz CT molecular complexity index is 1230. The number of nitrogens with zero attached hydrogens (tertiary/aromatic N) is 4. The minimum atomic E-state index is -0.463. The summed E-state index contributed by atoms with van der Waals surface area (Å²) >= 11 is 0. The highest BCUT2D eigenvalue weighted by Crippen LogP contribution is 2.35. The van der Waals surface area contributed by atoms with Gasteiger partial charge in [0.25, 0.3) is 0 Å². The number of carbonyl (C=O) groups is 1. The summed E-state index contributed by atoms with van der Waals surface area (Å²) in [7, 11) is 0. The summed E-state index contributed by atoms with van der Waals surface area (Å²) in [5, 5.41) is 18.2. The molecule has 0 unspecified atom stereocenters. The van der Waals surface area contributed by atoms with E-state index < -0.39 is 5.82 Å². The molecule has 2 fully saturated rings. The SMILES string of the molecule is C[C@@H]1COCCN1c1cc(-c2ccc(N3CCCCC3=O)c(F)c2)c(C=N)c(Nc2ccn[nH]2)n1. The van der Waals surface area contributed by atoms with Crippen molar-refractivity contribution < 1.29 is 13.9 Å². The Morgan fingerprint density at radius 2 is 2.14 bits per heavy atom. The van der Waals surface area contributed by atoms with Crippen LogP contribution in [0.4, 0.5) is 27.5 Å². The van der Waals surface area contributed by atoms with Crippen molar-refractivity contribution in [2.24, 2.45) is 0 Å². The predicted octanol–water partition coefficient (Wildman–Crippen LogP) is 4.09. The number of anilines is 4. The zero-order valence-electron chi connectivity index (χ0n) is 19.6. The van der Waals surface area contributed by atoms with Gasteiger partial charge in [0.05, 0.1) is 31.1 Å². The van der Waals surface area contributed by atoms with Gasteiger partial charge in [-0.25, -0.2) is 9.37 Å². The number of ether oxygens (including phenoxy) is 1. The van der Waals surface area contributed by atoms with Crippen LogP contribution in [0.2, 0.25) is 0 Å². The van der Waals surface area contributed by atoms with E-state index in [1.54, 1.807) is 24.4 Å². The number of aromatic nitrogens is 3. The Hall–Kier alpha value is -3.79. The summed E-state index contributed by atoms with van der Waals surface area (Å²) < 4.78 is 20.9. The second-order valence-electron chi connectivity index (χ2n) is 8.82. The lowest BCUT2D eigenvalue weighted by Gasteiger charge is -2.35. The molecule has 5 rings (SSSR count). The van der Waals surface area contributed by atoms with Gasteiger partial charge in [-0.3, -0.25) is 9.89 Å². The zero-order chi connectivity index (χ0) is 24.4. The number of rotatable bonds is 6. The van der Waals surface area contributed by atoms with Crippen molar-refractivity contribution in [1.29, 1.82) is 5.41 Å². The molecule has 2 aliphatic rings. The van der Waals surface area contributed by atoms with Crippen LogP contribution in [0.3, 0.4) is 0 Å². The highest BCUT2D eigenvalue weighted by atomic mass is 19.1. The van der Waals surface area contributed by atoms with Crippen molar-refractivity contribution in [2.45, 2.75) is 32.2 Å². The molecule has 0 aliphatic carbocycles. The maximum atomic E-state index is 15.3. The third-order valence-electron chi connectivity index (χ3n) is 6.48. The summed E-state index contributed by atoms with van der Waals surface area (Å²) in [4.78, 5) is 20.8. The number of hydrogen-bond donors (Lipinski definition) is 3. The van der Waals surface area contributed by atoms with Crippen molar-refractivity contribution in [1.82, 2.24) is 15.2 Å². The number of carbonyl (C=O) groups excluding carboxylic acids is 1. The molecule has 2 aromatic heterocycles. The molecule has 4 heterocycles. The molecule has 0 spiro atoms. The molecule has 1 amide bonds. The van der Waals surface area contributed by atoms with Gasteiger partial charge in [0, 0.05) is 37.4 Å². The first-order valence-electron chi connectivity index (χ1n) is 11.8. The Labute approximate surface area is 202 Å². The number of aromatic amines is 1. The first-order chi connectivity index (χ1) is 17.0. The van der Waals surface area contributed by atoms with Crippen molar-refractivity contribution in [2.75, 3.05) is 41.4 Å². The number of morpholine rings is 1. The van der Waals surface area contributed by atoms with Crippen molar-refractivity contribution in [3.05, 3.63) is 47.9 Å². The third kappa shape index (κ3) is 4.61. The average molecular weight is 478 g/mol. The Kier molecular flexibility index (Phi) is 6.45. The molecule has 2 aliphatic heterocycles. The molecule has 10 heteroatoms. The average Bonchev–Trinajstić information content (AvgIpc) is 3.37. The van der Waals surface area contributed by atoms with Crippen LogP contribution in [0.1, 0.15) is 31.7 Å². The first kappa shape index (κ1) is 23.0. The van der Waals surface area contributed by atoms with Gasteiger partial charge in [-0.15, -0.1) is 0 Å². The number of nitrogens with one attached hydrogen (secondary N) is 3. The molecule has 1 aromatic carbocycles. The van der Waals surface area contributed by atoms with E-state index in [0.717, 1.165) is 12.8 Å². The maximum absolute atomic E-state index is 15.3. The van der Waals surface area contributed by atoms with E-state index in [0.29, 0.717) is 72.6 Å². The molecular weight excluding hydrogens is 449 g/mol. The van der Waals surface area contributed by atoms with Crippen LogP contribution in [-0.2, 0) is 9.53 Å². The highest BCUT2D eigenvalue weighted by Gasteiger charge is 2.25.